The fourth-order valence-corrected chi connectivity index (χ4v) is 1.66. The Morgan fingerprint density at radius 2 is 1.84 bits per heavy atom. The normalized spacial score (nSPS) is 13.6. The molecule has 2 aromatic heterocycles. The number of H-pyrrole nitrogens is 3. The highest BCUT2D eigenvalue weighted by molar-refractivity contribution is 5.74. The summed E-state index contributed by atoms with van der Waals surface area (Å²) in [5, 5.41) is 3.01. The average molecular weight is 261 g/mol. The number of nitrogens with zero attached hydrogens (tertiary/aromatic N) is 1. The lowest BCUT2D eigenvalue weighted by Gasteiger charge is -2.00. The molecule has 3 rings (SSSR count). The molecule has 0 amide bonds. The van der Waals surface area contributed by atoms with Crippen molar-refractivity contribution in [2.24, 2.45) is 0 Å². The third-order valence-corrected chi connectivity index (χ3v) is 2.47. The summed E-state index contributed by atoms with van der Waals surface area (Å²) in [7, 11) is 0. The Labute approximate surface area is 105 Å². The molecule has 0 bridgehead atoms. The fraction of sp³-hybridized carbons (Fsp3) is 0. The highest BCUT2D eigenvalue weighted by Gasteiger charge is 2.10. The van der Waals surface area contributed by atoms with Crippen molar-refractivity contribution in [1.82, 2.24) is 25.3 Å². The molecule has 19 heavy (non-hydrogen) atoms. The number of imidazole rings is 1. The molecule has 6 N–H and O–H groups in total. The number of nitrogens with one attached hydrogen (secondary N) is 4. The minimum atomic E-state index is -0.576. The summed E-state index contributed by atoms with van der Waals surface area (Å²) >= 11 is 0. The van der Waals surface area contributed by atoms with Crippen molar-refractivity contribution in [2.45, 2.75) is 0 Å². The highest BCUT2D eigenvalue weighted by Crippen LogP contribution is 2.11. The van der Waals surface area contributed by atoms with E-state index in [1.54, 1.807) is 6.20 Å². The van der Waals surface area contributed by atoms with Gasteiger partial charge in [-0.05, 0) is 12.2 Å². The van der Waals surface area contributed by atoms with Gasteiger partial charge in [-0.25, -0.2) is 9.78 Å². The van der Waals surface area contributed by atoms with Gasteiger partial charge in [-0.15, -0.1) is 0 Å². The van der Waals surface area contributed by atoms with E-state index in [-0.39, 0.29) is 16.6 Å². The van der Waals surface area contributed by atoms with Gasteiger partial charge in [-0.1, -0.05) is 12.2 Å². The molecule has 0 atom stereocenters. The van der Waals surface area contributed by atoms with Gasteiger partial charge in [0.1, 0.15) is 5.52 Å². The van der Waals surface area contributed by atoms with Crippen LogP contribution in [0.25, 0.3) is 16.9 Å². The first-order valence-electron chi connectivity index (χ1n) is 5.27. The van der Waals surface area contributed by atoms with Crippen molar-refractivity contribution < 1.29 is 5.48 Å². The summed E-state index contributed by atoms with van der Waals surface area (Å²) in [6.07, 6.45) is 9.09. The maximum Gasteiger partial charge on any atom is 0.327 e. The van der Waals surface area contributed by atoms with Crippen molar-refractivity contribution in [3.05, 3.63) is 57.2 Å². The van der Waals surface area contributed by atoms with Gasteiger partial charge in [-0.3, -0.25) is 14.8 Å². The van der Waals surface area contributed by atoms with Crippen LogP contribution in [0.4, 0.5) is 0 Å². The molecule has 0 radical (unpaired) electrons. The lowest BCUT2D eigenvalue weighted by Crippen LogP contribution is -2.21. The van der Waals surface area contributed by atoms with Crippen LogP contribution in [0.5, 0.6) is 0 Å². The lowest BCUT2D eigenvalue weighted by molar-refractivity contribution is 0.824. The van der Waals surface area contributed by atoms with Crippen molar-refractivity contribution in [3.8, 4) is 0 Å². The van der Waals surface area contributed by atoms with Gasteiger partial charge in [0.15, 0.2) is 11.5 Å². The molecule has 0 unspecified atom stereocenters. The van der Waals surface area contributed by atoms with E-state index in [0.717, 1.165) is 0 Å². The van der Waals surface area contributed by atoms with Crippen molar-refractivity contribution in [2.75, 3.05) is 0 Å². The van der Waals surface area contributed by atoms with Crippen LogP contribution in [0.2, 0.25) is 0 Å². The number of hydrogen-bond acceptors (Lipinski definition) is 4. The first kappa shape index (κ1) is 12.6. The molecule has 1 aliphatic rings. The predicted molar refractivity (Wildman–Crippen MR) is 70.3 cm³/mol. The Kier molecular flexibility index (Phi) is 3.17. The monoisotopic (exact) mass is 261 g/mol. The van der Waals surface area contributed by atoms with Gasteiger partial charge in [-0.2, -0.15) is 0 Å². The van der Waals surface area contributed by atoms with Crippen LogP contribution in [0, 0.1) is 0 Å². The number of rotatable bonds is 1. The first-order valence-corrected chi connectivity index (χ1v) is 5.27. The highest BCUT2D eigenvalue weighted by atomic mass is 16.2. The van der Waals surface area contributed by atoms with Crippen LogP contribution in [-0.4, -0.2) is 25.4 Å². The lowest BCUT2D eigenvalue weighted by atomic mass is 10.3. The third kappa shape index (κ3) is 2.24. The zero-order chi connectivity index (χ0) is 12.5. The number of aromatic amines is 3. The molecule has 0 saturated heterocycles. The van der Waals surface area contributed by atoms with E-state index in [4.69, 9.17) is 0 Å². The summed E-state index contributed by atoms with van der Waals surface area (Å²) in [6.45, 7) is 0. The second-order valence-electron chi connectivity index (χ2n) is 3.69. The van der Waals surface area contributed by atoms with Crippen LogP contribution in [0.3, 0.4) is 0 Å². The standard InChI is InChI=1S/C11H9N5O2.H2O/c17-10-7-9(15-11(18)16-10)14-8(13-7)6-4-2-1-3-5-12-6;/h1-5,12H,(H3,13,14,15,16,17,18);1H2. The maximum atomic E-state index is 11.5. The number of aromatic nitrogens is 4. The SMILES string of the molecule is O.O=c1[nH]c(=O)c2[nH]c(C3=CC=CC=CN3)nc2[nH]1. The Balaban J connectivity index is 0.00000133. The predicted octanol–water partition coefficient (Wildman–Crippen LogP) is -0.871. The van der Waals surface area contributed by atoms with Gasteiger partial charge in [0.25, 0.3) is 5.56 Å². The van der Waals surface area contributed by atoms with Crippen LogP contribution >= 0.6 is 0 Å². The molecular weight excluding hydrogens is 250 g/mol. The molecule has 0 fully saturated rings. The Morgan fingerprint density at radius 3 is 2.68 bits per heavy atom. The van der Waals surface area contributed by atoms with Crippen LogP contribution in [-0.2, 0) is 0 Å². The maximum absolute atomic E-state index is 11.5. The van der Waals surface area contributed by atoms with E-state index < -0.39 is 11.2 Å². The fourth-order valence-electron chi connectivity index (χ4n) is 1.66. The van der Waals surface area contributed by atoms with Gasteiger partial charge < -0.3 is 15.8 Å². The zero-order valence-corrected chi connectivity index (χ0v) is 9.65. The van der Waals surface area contributed by atoms with E-state index in [9.17, 15) is 9.59 Å². The van der Waals surface area contributed by atoms with Gasteiger partial charge in [0.2, 0.25) is 0 Å². The van der Waals surface area contributed by atoms with Crippen molar-refractivity contribution >= 4 is 16.9 Å². The second-order valence-corrected chi connectivity index (χ2v) is 3.69. The minimum Gasteiger partial charge on any atom is -0.412 e. The van der Waals surface area contributed by atoms with Gasteiger partial charge >= 0.3 is 5.69 Å². The average Bonchev–Trinajstić information content (AvgIpc) is 2.59. The summed E-state index contributed by atoms with van der Waals surface area (Å²) < 4.78 is 0. The summed E-state index contributed by atoms with van der Waals surface area (Å²) in [5.74, 6) is 0.480. The first-order chi connectivity index (χ1) is 8.74. The van der Waals surface area contributed by atoms with Crippen LogP contribution in [0.15, 0.2) is 40.1 Å². The molecule has 8 nitrogen and oxygen atoms in total. The van der Waals surface area contributed by atoms with Crippen LogP contribution in [0.1, 0.15) is 5.82 Å². The second kappa shape index (κ2) is 4.78. The summed E-state index contributed by atoms with van der Waals surface area (Å²) in [6, 6.07) is 0. The molecule has 0 spiro atoms. The van der Waals surface area contributed by atoms with E-state index in [2.05, 4.69) is 25.3 Å². The third-order valence-electron chi connectivity index (χ3n) is 2.47. The largest absolute Gasteiger partial charge is 0.412 e. The molecule has 1 aliphatic heterocycles. The summed E-state index contributed by atoms with van der Waals surface area (Å²) in [5.41, 5.74) is 0.112. The zero-order valence-electron chi connectivity index (χ0n) is 9.65. The number of fused-ring (bicyclic) bond motifs is 1. The topological polar surface area (TPSA) is 138 Å². The molecule has 0 aliphatic carbocycles. The summed E-state index contributed by atoms with van der Waals surface area (Å²) in [4.78, 5) is 34.3. The number of hydrogen-bond donors (Lipinski definition) is 4. The van der Waals surface area contributed by atoms with Crippen LogP contribution < -0.4 is 16.6 Å². The smallest absolute Gasteiger partial charge is 0.327 e. The molecule has 2 aromatic rings. The van der Waals surface area contributed by atoms with E-state index >= 15 is 0 Å². The molecular formula is C11H11N5O3. The molecule has 8 heteroatoms. The molecule has 0 aromatic carbocycles. The Hall–Kier alpha value is -2.87. The van der Waals surface area contributed by atoms with E-state index in [1.165, 1.54) is 0 Å². The molecule has 3 heterocycles. The van der Waals surface area contributed by atoms with E-state index in [0.29, 0.717) is 11.5 Å². The molecule has 0 saturated carbocycles. The van der Waals surface area contributed by atoms with Crippen molar-refractivity contribution in [3.63, 3.8) is 0 Å². The van der Waals surface area contributed by atoms with Crippen molar-refractivity contribution in [1.29, 1.82) is 0 Å². The quantitative estimate of drug-likeness (QED) is 0.530. The van der Waals surface area contributed by atoms with Gasteiger partial charge in [0, 0.05) is 6.20 Å². The van der Waals surface area contributed by atoms with Gasteiger partial charge in [0.05, 0.1) is 5.70 Å². The Bertz CT molecular complexity index is 806. The Morgan fingerprint density at radius 1 is 1.00 bits per heavy atom. The minimum absolute atomic E-state index is 0. The number of allylic oxidation sites excluding steroid dienone is 4. The molecule has 98 valence electrons. The van der Waals surface area contributed by atoms with E-state index in [1.807, 2.05) is 24.3 Å².